The highest BCUT2D eigenvalue weighted by Gasteiger charge is 2.34. The first-order valence-corrected chi connectivity index (χ1v) is 7.44. The fourth-order valence-corrected chi connectivity index (χ4v) is 3.43. The number of nitrogens with zero attached hydrogens (tertiary/aromatic N) is 1. The molecule has 7 heteroatoms. The first-order chi connectivity index (χ1) is 10.1. The van der Waals surface area contributed by atoms with Gasteiger partial charge in [-0.2, -0.15) is 0 Å². The highest BCUT2D eigenvalue weighted by atomic mass is 32.2. The minimum Gasteiger partial charge on any atom is -0.550 e. The summed E-state index contributed by atoms with van der Waals surface area (Å²) in [4.78, 5) is 24.1. The molecule has 114 valence electrons. The number of carbonyl (C=O) groups is 2. The molecule has 1 amide bonds. The maximum atomic E-state index is 11.9. The molecule has 0 aromatic heterocycles. The number of hydrogen-bond acceptors (Lipinski definition) is 6. The summed E-state index contributed by atoms with van der Waals surface area (Å²) in [7, 11) is 3.12. The summed E-state index contributed by atoms with van der Waals surface area (Å²) in [5.41, 5.74) is 0.797. The second-order valence-corrected chi connectivity index (χ2v) is 5.55. The summed E-state index contributed by atoms with van der Waals surface area (Å²) in [6.07, 6.45) is -0.185. The average Bonchev–Trinajstić information content (AvgIpc) is 2.85. The molecule has 1 aromatic rings. The molecule has 6 nitrogen and oxygen atoms in total. The maximum Gasteiger partial charge on any atom is 0.233 e. The predicted octanol–water partition coefficient (Wildman–Crippen LogP) is 0.418. The third-order valence-corrected chi connectivity index (χ3v) is 4.47. The summed E-state index contributed by atoms with van der Waals surface area (Å²) in [5, 5.41) is 10.4. The zero-order valence-corrected chi connectivity index (χ0v) is 12.6. The Morgan fingerprint density at radius 2 is 2.19 bits per heavy atom. The molecule has 1 atom stereocenters. The smallest absolute Gasteiger partial charge is 0.233 e. The number of rotatable bonds is 6. The van der Waals surface area contributed by atoms with Crippen molar-refractivity contribution in [2.24, 2.45) is 0 Å². The Hall–Kier alpha value is -1.89. The van der Waals surface area contributed by atoms with E-state index in [-0.39, 0.29) is 24.2 Å². The molecule has 0 saturated carbocycles. The Morgan fingerprint density at radius 3 is 2.81 bits per heavy atom. The topological polar surface area (TPSA) is 78.9 Å². The van der Waals surface area contributed by atoms with Crippen molar-refractivity contribution in [3.05, 3.63) is 23.8 Å². The largest absolute Gasteiger partial charge is 0.550 e. The summed E-state index contributed by atoms with van der Waals surface area (Å²) < 4.78 is 10.5. The summed E-state index contributed by atoms with van der Waals surface area (Å²) in [6.45, 7) is 0.124. The Morgan fingerprint density at radius 1 is 1.43 bits per heavy atom. The molecule has 0 radical (unpaired) electrons. The second-order valence-electron chi connectivity index (χ2n) is 4.48. The van der Waals surface area contributed by atoms with E-state index in [1.807, 2.05) is 0 Å². The Kier molecular flexibility index (Phi) is 4.95. The third kappa shape index (κ3) is 3.41. The molecule has 2 rings (SSSR count). The van der Waals surface area contributed by atoms with Crippen LogP contribution in [-0.2, 0) is 9.59 Å². The fraction of sp³-hybridized carbons (Fsp3) is 0.429. The van der Waals surface area contributed by atoms with Gasteiger partial charge in [-0.05, 0) is 18.2 Å². The van der Waals surface area contributed by atoms with Gasteiger partial charge >= 0.3 is 0 Å². The number of ether oxygens (including phenoxy) is 2. The van der Waals surface area contributed by atoms with Gasteiger partial charge in [-0.1, -0.05) is 0 Å². The van der Waals surface area contributed by atoms with Gasteiger partial charge in [-0.25, -0.2) is 0 Å². The number of carboxylic acids is 1. The van der Waals surface area contributed by atoms with Crippen LogP contribution < -0.4 is 14.6 Å². The number of thioether (sulfide) groups is 1. The van der Waals surface area contributed by atoms with E-state index in [4.69, 9.17) is 9.47 Å². The van der Waals surface area contributed by atoms with Gasteiger partial charge in [-0.15, -0.1) is 11.8 Å². The quantitative estimate of drug-likeness (QED) is 0.757. The summed E-state index contributed by atoms with van der Waals surface area (Å²) in [5.74, 6) is 0.358. The minimum atomic E-state index is -1.17. The van der Waals surface area contributed by atoms with Gasteiger partial charge in [0.25, 0.3) is 0 Å². The lowest BCUT2D eigenvalue weighted by atomic mass is 10.1. The number of aliphatic carboxylic acids is 1. The van der Waals surface area contributed by atoms with Crippen LogP contribution in [0.15, 0.2) is 18.2 Å². The van der Waals surface area contributed by atoms with Crippen LogP contribution in [0, 0.1) is 0 Å². The number of carboxylic acid groups (broad SMARTS) is 1. The van der Waals surface area contributed by atoms with Gasteiger partial charge in [0.2, 0.25) is 5.91 Å². The van der Waals surface area contributed by atoms with Crippen molar-refractivity contribution in [3.63, 3.8) is 0 Å². The van der Waals surface area contributed by atoms with Gasteiger partial charge < -0.3 is 24.3 Å². The first-order valence-electron chi connectivity index (χ1n) is 6.39. The number of benzene rings is 1. The molecule has 1 fully saturated rings. The van der Waals surface area contributed by atoms with Gasteiger partial charge in [0.1, 0.15) is 16.9 Å². The Balaban J connectivity index is 2.29. The molecule has 0 spiro atoms. The van der Waals surface area contributed by atoms with Crippen LogP contribution in [0.3, 0.4) is 0 Å². The van der Waals surface area contributed by atoms with Crippen LogP contribution >= 0.6 is 11.8 Å². The SMILES string of the molecule is COc1ccc(OC)c([C@@H]2SCC(=O)N2CCC(=O)[O-])c1. The predicted molar refractivity (Wildman–Crippen MR) is 76.1 cm³/mol. The fourth-order valence-electron chi connectivity index (χ4n) is 2.20. The lowest BCUT2D eigenvalue weighted by Gasteiger charge is -2.26. The monoisotopic (exact) mass is 310 g/mol. The number of methoxy groups -OCH3 is 2. The van der Waals surface area contributed by atoms with Gasteiger partial charge in [0.05, 0.1) is 20.0 Å². The Bertz CT molecular complexity index is 548. The van der Waals surface area contributed by atoms with Gasteiger partial charge in [-0.3, -0.25) is 4.79 Å². The van der Waals surface area contributed by atoms with E-state index < -0.39 is 5.97 Å². The van der Waals surface area contributed by atoms with E-state index in [0.717, 1.165) is 5.56 Å². The molecule has 1 aliphatic heterocycles. The normalized spacial score (nSPS) is 17.9. The molecular formula is C14H16NO5S-. The van der Waals surface area contributed by atoms with E-state index >= 15 is 0 Å². The van der Waals surface area contributed by atoms with E-state index in [1.54, 1.807) is 32.4 Å². The second kappa shape index (κ2) is 6.71. The van der Waals surface area contributed by atoms with Crippen LogP contribution in [0.1, 0.15) is 17.4 Å². The molecule has 21 heavy (non-hydrogen) atoms. The highest BCUT2D eigenvalue weighted by molar-refractivity contribution is 8.00. The molecule has 0 aliphatic carbocycles. The molecule has 1 saturated heterocycles. The van der Waals surface area contributed by atoms with Crippen LogP contribution in [0.2, 0.25) is 0 Å². The van der Waals surface area contributed by atoms with Crippen molar-refractivity contribution in [2.75, 3.05) is 26.5 Å². The van der Waals surface area contributed by atoms with Crippen molar-refractivity contribution in [1.82, 2.24) is 4.90 Å². The summed E-state index contributed by atoms with van der Waals surface area (Å²) in [6, 6.07) is 5.35. The van der Waals surface area contributed by atoms with E-state index in [2.05, 4.69) is 0 Å². The van der Waals surface area contributed by atoms with Crippen molar-refractivity contribution < 1.29 is 24.2 Å². The van der Waals surface area contributed by atoms with Crippen LogP contribution in [0.5, 0.6) is 11.5 Å². The van der Waals surface area contributed by atoms with Crippen molar-refractivity contribution >= 4 is 23.6 Å². The van der Waals surface area contributed by atoms with Gasteiger partial charge in [0.15, 0.2) is 0 Å². The van der Waals surface area contributed by atoms with Crippen molar-refractivity contribution in [1.29, 1.82) is 0 Å². The summed E-state index contributed by atoms with van der Waals surface area (Å²) >= 11 is 1.44. The van der Waals surface area contributed by atoms with Crippen molar-refractivity contribution in [3.8, 4) is 11.5 Å². The zero-order chi connectivity index (χ0) is 15.4. The number of amides is 1. The van der Waals surface area contributed by atoms with E-state index in [1.165, 1.54) is 16.7 Å². The van der Waals surface area contributed by atoms with Gasteiger partial charge in [0, 0.05) is 24.5 Å². The molecule has 1 aliphatic rings. The molecule has 0 bridgehead atoms. The molecule has 1 heterocycles. The van der Waals surface area contributed by atoms with Crippen LogP contribution in [0.25, 0.3) is 0 Å². The Labute approximate surface area is 127 Å². The molecule has 1 aromatic carbocycles. The highest BCUT2D eigenvalue weighted by Crippen LogP contribution is 2.43. The lowest BCUT2D eigenvalue weighted by molar-refractivity contribution is -0.305. The molecular weight excluding hydrogens is 294 g/mol. The maximum absolute atomic E-state index is 11.9. The van der Waals surface area contributed by atoms with E-state index in [9.17, 15) is 14.7 Å². The average molecular weight is 310 g/mol. The van der Waals surface area contributed by atoms with Crippen LogP contribution in [-0.4, -0.2) is 43.3 Å². The minimum absolute atomic E-state index is 0.0869. The molecule has 0 N–H and O–H groups in total. The first kappa shape index (κ1) is 15.5. The zero-order valence-electron chi connectivity index (χ0n) is 11.8. The number of carbonyl (C=O) groups excluding carboxylic acids is 2. The van der Waals surface area contributed by atoms with Crippen LogP contribution in [0.4, 0.5) is 0 Å². The standard InChI is InChI=1S/C14H17NO5S/c1-19-9-3-4-11(20-2)10(7-9)14-15(6-5-13(17)18)12(16)8-21-14/h3-4,7,14H,5-6,8H2,1-2H3,(H,17,18)/p-1/t14-/m0/s1. The molecule has 0 unspecified atom stereocenters. The van der Waals surface area contributed by atoms with Crippen molar-refractivity contribution in [2.45, 2.75) is 11.8 Å². The van der Waals surface area contributed by atoms with E-state index in [0.29, 0.717) is 17.3 Å². The number of hydrogen-bond donors (Lipinski definition) is 0. The third-order valence-electron chi connectivity index (χ3n) is 3.23. The lowest BCUT2D eigenvalue weighted by Crippen LogP contribution is -2.34.